The highest BCUT2D eigenvalue weighted by Gasteiger charge is 2.66. The van der Waals surface area contributed by atoms with E-state index in [0.717, 1.165) is 36.9 Å². The van der Waals surface area contributed by atoms with Gasteiger partial charge < -0.3 is 9.47 Å². The lowest BCUT2D eigenvalue weighted by Gasteiger charge is -2.58. The standard InChI is InChI=1S/C23H32O3/c1-21-10-6-16(25-3)14-15(21)4-5-17-18(21)7-11-22(2)19(17)8-12-23(22)13-9-20(24)26-23/h4,14,17-19H,5-13H2,1-3H3/t17-,18+,19+,21+,22+,23-/m1/s1. The average Bonchev–Trinajstić information content (AvgIpc) is 3.15. The van der Waals surface area contributed by atoms with Crippen LogP contribution in [0.25, 0.3) is 0 Å². The van der Waals surface area contributed by atoms with Crippen LogP contribution < -0.4 is 0 Å². The van der Waals surface area contributed by atoms with Crippen molar-refractivity contribution in [1.29, 1.82) is 0 Å². The van der Waals surface area contributed by atoms with Gasteiger partial charge >= 0.3 is 5.97 Å². The molecule has 1 saturated heterocycles. The van der Waals surface area contributed by atoms with Crippen LogP contribution in [0.4, 0.5) is 0 Å². The van der Waals surface area contributed by atoms with E-state index in [1.165, 1.54) is 37.7 Å². The number of ether oxygens (including phenoxy) is 2. The highest BCUT2D eigenvalue weighted by Crippen LogP contribution is 2.69. The van der Waals surface area contributed by atoms with Gasteiger partial charge in [-0.1, -0.05) is 19.9 Å². The van der Waals surface area contributed by atoms with E-state index in [1.54, 1.807) is 7.11 Å². The zero-order valence-corrected chi connectivity index (χ0v) is 16.5. The summed E-state index contributed by atoms with van der Waals surface area (Å²) in [5.74, 6) is 3.40. The Morgan fingerprint density at radius 3 is 2.62 bits per heavy atom. The first-order valence-corrected chi connectivity index (χ1v) is 10.6. The van der Waals surface area contributed by atoms with Crippen molar-refractivity contribution in [3.63, 3.8) is 0 Å². The summed E-state index contributed by atoms with van der Waals surface area (Å²) in [6.07, 6.45) is 14.7. The van der Waals surface area contributed by atoms with Gasteiger partial charge in [-0.2, -0.15) is 0 Å². The molecule has 3 nitrogen and oxygen atoms in total. The summed E-state index contributed by atoms with van der Waals surface area (Å²) in [6.45, 7) is 4.95. The van der Waals surface area contributed by atoms with Crippen LogP contribution >= 0.6 is 0 Å². The van der Waals surface area contributed by atoms with Gasteiger partial charge in [-0.05, 0) is 79.8 Å². The summed E-state index contributed by atoms with van der Waals surface area (Å²) in [5, 5.41) is 0. The summed E-state index contributed by atoms with van der Waals surface area (Å²) in [7, 11) is 1.80. The molecule has 6 atom stereocenters. The molecule has 142 valence electrons. The Bertz CT molecular complexity index is 706. The summed E-state index contributed by atoms with van der Waals surface area (Å²) >= 11 is 0. The molecule has 2 saturated carbocycles. The number of esters is 1. The van der Waals surface area contributed by atoms with Crippen molar-refractivity contribution < 1.29 is 14.3 Å². The van der Waals surface area contributed by atoms with E-state index < -0.39 is 0 Å². The zero-order chi connectivity index (χ0) is 18.2. The van der Waals surface area contributed by atoms with Crippen molar-refractivity contribution in [2.24, 2.45) is 28.6 Å². The first kappa shape index (κ1) is 16.9. The highest BCUT2D eigenvalue weighted by molar-refractivity contribution is 5.72. The summed E-state index contributed by atoms with van der Waals surface area (Å²) < 4.78 is 11.6. The molecule has 0 radical (unpaired) electrons. The smallest absolute Gasteiger partial charge is 0.306 e. The molecule has 0 bridgehead atoms. The second-order valence-electron chi connectivity index (χ2n) is 9.97. The Morgan fingerprint density at radius 2 is 1.88 bits per heavy atom. The third-order valence-corrected chi connectivity index (χ3v) is 9.33. The number of hydrogen-bond donors (Lipinski definition) is 0. The molecule has 0 aromatic carbocycles. The Hall–Kier alpha value is -1.25. The van der Waals surface area contributed by atoms with E-state index >= 15 is 0 Å². The first-order valence-electron chi connectivity index (χ1n) is 10.6. The van der Waals surface area contributed by atoms with E-state index in [2.05, 4.69) is 26.0 Å². The molecule has 0 N–H and O–H groups in total. The zero-order valence-electron chi connectivity index (χ0n) is 16.5. The van der Waals surface area contributed by atoms with Crippen molar-refractivity contribution in [3.8, 4) is 0 Å². The SMILES string of the molecule is COC1=CC2=CC[C@@H]3[C@H](CC[C@@]4(C)[C@H]3CC[C@@]43CCC(=O)O3)[C@@]2(C)CC1. The third kappa shape index (κ3) is 1.98. The molecular weight excluding hydrogens is 324 g/mol. The fourth-order valence-corrected chi connectivity index (χ4v) is 7.76. The van der Waals surface area contributed by atoms with Crippen molar-refractivity contribution in [3.05, 3.63) is 23.5 Å². The van der Waals surface area contributed by atoms with Crippen LogP contribution in [0.2, 0.25) is 0 Å². The summed E-state index contributed by atoms with van der Waals surface area (Å²) in [5.41, 5.74) is 1.85. The molecule has 0 aromatic rings. The molecule has 4 aliphatic carbocycles. The molecule has 1 heterocycles. The Labute approximate surface area is 157 Å². The summed E-state index contributed by atoms with van der Waals surface area (Å²) in [6, 6.07) is 0. The van der Waals surface area contributed by atoms with Crippen LogP contribution in [0.5, 0.6) is 0 Å². The fraction of sp³-hybridized carbons (Fsp3) is 0.783. The van der Waals surface area contributed by atoms with E-state index in [1.807, 2.05) is 0 Å². The van der Waals surface area contributed by atoms with Crippen LogP contribution in [0.1, 0.15) is 71.6 Å². The largest absolute Gasteiger partial charge is 0.501 e. The molecular formula is C23H32O3. The molecule has 26 heavy (non-hydrogen) atoms. The lowest BCUT2D eigenvalue weighted by Crippen LogP contribution is -2.54. The van der Waals surface area contributed by atoms with Crippen LogP contribution in [-0.4, -0.2) is 18.7 Å². The number of carbonyl (C=O) groups is 1. The Morgan fingerprint density at radius 1 is 1.08 bits per heavy atom. The normalized spacial score (nSPS) is 49.7. The van der Waals surface area contributed by atoms with Crippen molar-refractivity contribution >= 4 is 5.97 Å². The van der Waals surface area contributed by atoms with Gasteiger partial charge in [0.25, 0.3) is 0 Å². The predicted octanol–water partition coefficient (Wildman–Crippen LogP) is 5.17. The van der Waals surface area contributed by atoms with Crippen LogP contribution in [0.15, 0.2) is 23.5 Å². The van der Waals surface area contributed by atoms with Crippen molar-refractivity contribution in [2.45, 2.75) is 77.2 Å². The number of carbonyl (C=O) groups excluding carboxylic acids is 1. The lowest BCUT2D eigenvalue weighted by molar-refractivity contribution is -0.167. The number of fused-ring (bicyclic) bond motifs is 6. The molecule has 1 spiro atoms. The van der Waals surface area contributed by atoms with Crippen LogP contribution in [0.3, 0.4) is 0 Å². The molecule has 0 amide bonds. The second kappa shape index (κ2) is 5.39. The first-order chi connectivity index (χ1) is 12.4. The minimum Gasteiger partial charge on any atom is -0.501 e. The molecule has 1 aliphatic heterocycles. The maximum atomic E-state index is 12.0. The second-order valence-corrected chi connectivity index (χ2v) is 9.97. The van der Waals surface area contributed by atoms with Gasteiger partial charge in [0.15, 0.2) is 0 Å². The van der Waals surface area contributed by atoms with Gasteiger partial charge in [-0.3, -0.25) is 4.79 Å². The minimum atomic E-state index is -0.152. The topological polar surface area (TPSA) is 35.5 Å². The number of methoxy groups -OCH3 is 1. The predicted molar refractivity (Wildman–Crippen MR) is 100 cm³/mol. The van der Waals surface area contributed by atoms with Gasteiger partial charge in [0.2, 0.25) is 0 Å². The lowest BCUT2D eigenvalue weighted by atomic mass is 9.47. The van der Waals surface area contributed by atoms with Crippen molar-refractivity contribution in [1.82, 2.24) is 0 Å². The molecule has 5 aliphatic rings. The van der Waals surface area contributed by atoms with Crippen LogP contribution in [0, 0.1) is 28.6 Å². The fourth-order valence-electron chi connectivity index (χ4n) is 7.76. The Balaban J connectivity index is 1.49. The molecule has 3 heteroatoms. The molecule has 3 fully saturated rings. The van der Waals surface area contributed by atoms with Gasteiger partial charge in [0, 0.05) is 18.3 Å². The van der Waals surface area contributed by atoms with E-state index in [9.17, 15) is 4.79 Å². The third-order valence-electron chi connectivity index (χ3n) is 9.33. The van der Waals surface area contributed by atoms with Gasteiger partial charge in [-0.15, -0.1) is 0 Å². The average molecular weight is 357 g/mol. The van der Waals surface area contributed by atoms with Gasteiger partial charge in [-0.25, -0.2) is 0 Å². The molecule has 0 unspecified atom stereocenters. The summed E-state index contributed by atoms with van der Waals surface area (Å²) in [4.78, 5) is 12.0. The van der Waals surface area contributed by atoms with E-state index in [4.69, 9.17) is 9.47 Å². The maximum absolute atomic E-state index is 12.0. The molecule has 5 rings (SSSR count). The molecule has 0 aromatic heterocycles. The van der Waals surface area contributed by atoms with Crippen LogP contribution in [-0.2, 0) is 14.3 Å². The monoisotopic (exact) mass is 356 g/mol. The van der Waals surface area contributed by atoms with Crippen molar-refractivity contribution in [2.75, 3.05) is 7.11 Å². The Kier molecular flexibility index (Phi) is 3.50. The number of rotatable bonds is 1. The van der Waals surface area contributed by atoms with Gasteiger partial charge in [0.1, 0.15) is 5.60 Å². The van der Waals surface area contributed by atoms with E-state index in [-0.39, 0.29) is 17.0 Å². The number of hydrogen-bond acceptors (Lipinski definition) is 3. The highest BCUT2D eigenvalue weighted by atomic mass is 16.6. The number of allylic oxidation sites excluding steroid dienone is 4. The quantitative estimate of drug-likeness (QED) is 0.608. The van der Waals surface area contributed by atoms with Gasteiger partial charge in [0.05, 0.1) is 12.9 Å². The minimum absolute atomic E-state index is 0.0382. The maximum Gasteiger partial charge on any atom is 0.306 e. The van der Waals surface area contributed by atoms with E-state index in [0.29, 0.717) is 17.8 Å².